The van der Waals surface area contributed by atoms with Crippen molar-refractivity contribution in [2.75, 3.05) is 46.8 Å². The average Bonchev–Trinajstić information content (AvgIpc) is 2.68. The van der Waals surface area contributed by atoms with E-state index in [4.69, 9.17) is 0 Å². The summed E-state index contributed by atoms with van der Waals surface area (Å²) in [5.74, 6) is 0.337. The third-order valence-electron chi connectivity index (χ3n) is 4.33. The van der Waals surface area contributed by atoms with Crippen LogP contribution in [0.25, 0.3) is 0 Å². The van der Waals surface area contributed by atoms with Crippen molar-refractivity contribution in [3.63, 3.8) is 0 Å². The lowest BCUT2D eigenvalue weighted by Crippen LogP contribution is -2.51. The van der Waals surface area contributed by atoms with Gasteiger partial charge in [0, 0.05) is 26.2 Å². The SMILES string of the molecule is C=CCN1CCC2(CCCN(C(=O)CN(C)C)C2)C1=O. The smallest absolute Gasteiger partial charge is 0.236 e. The molecule has 2 aliphatic rings. The Morgan fingerprint density at radius 3 is 2.80 bits per heavy atom. The second-order valence-corrected chi connectivity index (χ2v) is 6.23. The van der Waals surface area contributed by atoms with Gasteiger partial charge in [-0.25, -0.2) is 0 Å². The first-order valence-corrected chi connectivity index (χ1v) is 7.31. The molecule has 112 valence electrons. The molecule has 20 heavy (non-hydrogen) atoms. The van der Waals surface area contributed by atoms with Gasteiger partial charge in [0.1, 0.15) is 0 Å². The summed E-state index contributed by atoms with van der Waals surface area (Å²) in [6.45, 7) is 6.90. The van der Waals surface area contributed by atoms with Crippen LogP contribution in [-0.2, 0) is 9.59 Å². The summed E-state index contributed by atoms with van der Waals surface area (Å²) < 4.78 is 0. The van der Waals surface area contributed by atoms with Gasteiger partial charge in [-0.3, -0.25) is 9.59 Å². The van der Waals surface area contributed by atoms with Crippen LogP contribution in [0.2, 0.25) is 0 Å². The van der Waals surface area contributed by atoms with Crippen LogP contribution in [-0.4, -0.2) is 73.3 Å². The number of nitrogens with zero attached hydrogens (tertiary/aromatic N) is 3. The third kappa shape index (κ3) is 2.87. The van der Waals surface area contributed by atoms with Crippen LogP contribution in [0.15, 0.2) is 12.7 Å². The molecular formula is C15H25N3O2. The topological polar surface area (TPSA) is 43.9 Å². The fourth-order valence-electron chi connectivity index (χ4n) is 3.32. The molecule has 0 N–H and O–H groups in total. The zero-order chi connectivity index (χ0) is 14.8. The fourth-order valence-corrected chi connectivity index (χ4v) is 3.32. The largest absolute Gasteiger partial charge is 0.341 e. The van der Waals surface area contributed by atoms with E-state index in [1.54, 1.807) is 6.08 Å². The van der Waals surface area contributed by atoms with Crippen molar-refractivity contribution in [3.8, 4) is 0 Å². The lowest BCUT2D eigenvalue weighted by molar-refractivity contribution is -0.143. The Morgan fingerprint density at radius 2 is 2.15 bits per heavy atom. The molecule has 2 fully saturated rings. The van der Waals surface area contributed by atoms with E-state index in [9.17, 15) is 9.59 Å². The summed E-state index contributed by atoms with van der Waals surface area (Å²) >= 11 is 0. The molecule has 2 rings (SSSR count). The molecule has 2 saturated heterocycles. The lowest BCUT2D eigenvalue weighted by atomic mass is 9.78. The Bertz CT molecular complexity index is 408. The van der Waals surface area contributed by atoms with E-state index >= 15 is 0 Å². The molecule has 1 atom stereocenters. The minimum Gasteiger partial charge on any atom is -0.341 e. The molecule has 0 bridgehead atoms. The molecule has 0 aromatic heterocycles. The molecular weight excluding hydrogens is 254 g/mol. The minimum absolute atomic E-state index is 0.129. The Balaban J connectivity index is 2.05. The molecule has 2 amide bonds. The Labute approximate surface area is 121 Å². The van der Waals surface area contributed by atoms with Gasteiger partial charge in [-0.05, 0) is 33.4 Å². The van der Waals surface area contributed by atoms with Crippen molar-refractivity contribution < 1.29 is 9.59 Å². The number of hydrogen-bond donors (Lipinski definition) is 0. The fraction of sp³-hybridized carbons (Fsp3) is 0.733. The molecule has 0 aromatic carbocycles. The standard InChI is InChI=1S/C15H25N3O2/c1-4-8-17-10-7-15(14(17)20)6-5-9-18(12-15)13(19)11-16(2)3/h4H,1,5-12H2,2-3H3. The van der Waals surface area contributed by atoms with Crippen molar-refractivity contribution in [1.29, 1.82) is 0 Å². The number of likely N-dealkylation sites (N-methyl/N-ethyl adjacent to an activating group) is 1. The van der Waals surface area contributed by atoms with Gasteiger partial charge in [0.15, 0.2) is 0 Å². The number of piperidine rings is 1. The predicted molar refractivity (Wildman–Crippen MR) is 78.2 cm³/mol. The van der Waals surface area contributed by atoms with Crippen molar-refractivity contribution in [2.45, 2.75) is 19.3 Å². The number of likely N-dealkylation sites (tertiary alicyclic amines) is 2. The maximum absolute atomic E-state index is 12.6. The average molecular weight is 279 g/mol. The van der Waals surface area contributed by atoms with Gasteiger partial charge >= 0.3 is 0 Å². The van der Waals surface area contributed by atoms with Gasteiger partial charge in [0.05, 0.1) is 12.0 Å². The van der Waals surface area contributed by atoms with E-state index in [1.807, 2.05) is 28.8 Å². The quantitative estimate of drug-likeness (QED) is 0.707. The highest BCUT2D eigenvalue weighted by Crippen LogP contribution is 2.40. The zero-order valence-electron chi connectivity index (χ0n) is 12.6. The molecule has 2 heterocycles. The molecule has 0 aliphatic carbocycles. The van der Waals surface area contributed by atoms with E-state index in [1.165, 1.54) is 0 Å². The number of carbonyl (C=O) groups excluding carboxylic acids is 2. The van der Waals surface area contributed by atoms with Gasteiger partial charge < -0.3 is 14.7 Å². The van der Waals surface area contributed by atoms with Crippen LogP contribution in [0.5, 0.6) is 0 Å². The first-order chi connectivity index (χ1) is 9.48. The van der Waals surface area contributed by atoms with Gasteiger partial charge in [-0.15, -0.1) is 6.58 Å². The molecule has 0 aromatic rings. The molecule has 5 nitrogen and oxygen atoms in total. The maximum atomic E-state index is 12.6. The molecule has 2 aliphatic heterocycles. The van der Waals surface area contributed by atoms with E-state index in [-0.39, 0.29) is 17.2 Å². The molecule has 5 heteroatoms. The molecule has 1 unspecified atom stereocenters. The summed E-state index contributed by atoms with van der Waals surface area (Å²) in [5, 5.41) is 0. The summed E-state index contributed by atoms with van der Waals surface area (Å²) in [6.07, 6.45) is 4.47. The number of rotatable bonds is 4. The number of amides is 2. The lowest BCUT2D eigenvalue weighted by Gasteiger charge is -2.39. The van der Waals surface area contributed by atoms with Crippen molar-refractivity contribution in [3.05, 3.63) is 12.7 Å². The van der Waals surface area contributed by atoms with Gasteiger partial charge in [-0.2, -0.15) is 0 Å². The number of carbonyl (C=O) groups is 2. The van der Waals surface area contributed by atoms with E-state index in [2.05, 4.69) is 6.58 Å². The Kier molecular flexibility index (Phi) is 4.48. The molecule has 1 spiro atoms. The van der Waals surface area contributed by atoms with Crippen molar-refractivity contribution >= 4 is 11.8 Å². The van der Waals surface area contributed by atoms with Crippen LogP contribution in [0.4, 0.5) is 0 Å². The summed E-state index contributed by atoms with van der Waals surface area (Å²) in [7, 11) is 3.79. The van der Waals surface area contributed by atoms with E-state index in [0.717, 1.165) is 32.4 Å². The maximum Gasteiger partial charge on any atom is 0.236 e. The predicted octanol–water partition coefficient (Wildman–Crippen LogP) is 0.575. The van der Waals surface area contributed by atoms with Gasteiger partial charge in [-0.1, -0.05) is 6.08 Å². The molecule has 0 radical (unpaired) electrons. The van der Waals surface area contributed by atoms with E-state index in [0.29, 0.717) is 19.6 Å². The summed E-state index contributed by atoms with van der Waals surface area (Å²) in [4.78, 5) is 30.4. The second-order valence-electron chi connectivity index (χ2n) is 6.23. The van der Waals surface area contributed by atoms with Crippen molar-refractivity contribution in [2.24, 2.45) is 5.41 Å². The summed E-state index contributed by atoms with van der Waals surface area (Å²) in [6, 6.07) is 0. The van der Waals surface area contributed by atoms with Crippen LogP contribution < -0.4 is 0 Å². The highest BCUT2D eigenvalue weighted by atomic mass is 16.2. The second kappa shape index (κ2) is 5.95. The van der Waals surface area contributed by atoms with Crippen LogP contribution >= 0.6 is 0 Å². The highest BCUT2D eigenvalue weighted by molar-refractivity contribution is 5.87. The van der Waals surface area contributed by atoms with Crippen LogP contribution in [0.1, 0.15) is 19.3 Å². The normalized spacial score (nSPS) is 26.6. The van der Waals surface area contributed by atoms with Crippen LogP contribution in [0.3, 0.4) is 0 Å². The summed E-state index contributed by atoms with van der Waals surface area (Å²) in [5.41, 5.74) is -0.330. The Morgan fingerprint density at radius 1 is 1.40 bits per heavy atom. The monoisotopic (exact) mass is 279 g/mol. The minimum atomic E-state index is -0.330. The Hall–Kier alpha value is -1.36. The molecule has 0 saturated carbocycles. The first-order valence-electron chi connectivity index (χ1n) is 7.31. The zero-order valence-corrected chi connectivity index (χ0v) is 12.6. The van der Waals surface area contributed by atoms with Gasteiger partial charge in [0.25, 0.3) is 0 Å². The van der Waals surface area contributed by atoms with Crippen molar-refractivity contribution in [1.82, 2.24) is 14.7 Å². The first kappa shape index (κ1) is 15.0. The third-order valence-corrected chi connectivity index (χ3v) is 4.33. The van der Waals surface area contributed by atoms with E-state index < -0.39 is 0 Å². The van der Waals surface area contributed by atoms with Gasteiger partial charge in [0.2, 0.25) is 11.8 Å². The highest BCUT2D eigenvalue weighted by Gasteiger charge is 2.49. The van der Waals surface area contributed by atoms with Crippen LogP contribution in [0, 0.1) is 5.41 Å². The number of hydrogen-bond acceptors (Lipinski definition) is 3.